The summed E-state index contributed by atoms with van der Waals surface area (Å²) in [5.74, 6) is 1.64. The van der Waals surface area contributed by atoms with Gasteiger partial charge in [-0.2, -0.15) is 5.10 Å². The van der Waals surface area contributed by atoms with E-state index in [2.05, 4.69) is 114 Å². The second kappa shape index (κ2) is 14.6. The van der Waals surface area contributed by atoms with Gasteiger partial charge in [0.1, 0.15) is 11.5 Å². The molecule has 0 amide bonds. The van der Waals surface area contributed by atoms with Crippen molar-refractivity contribution in [3.8, 4) is 11.5 Å². The lowest BCUT2D eigenvalue weighted by atomic mass is 10.1. The average Bonchev–Trinajstić information content (AvgIpc) is 3.13. The van der Waals surface area contributed by atoms with Crippen LogP contribution in [0.1, 0.15) is 16.7 Å². The molecule has 0 saturated heterocycles. The molecule has 0 aliphatic heterocycles. The fourth-order valence-electron chi connectivity index (χ4n) is 5.08. The van der Waals surface area contributed by atoms with Crippen LogP contribution in [0.15, 0.2) is 163 Å². The summed E-state index contributed by atoms with van der Waals surface area (Å²) in [6.45, 7) is 0. The minimum absolute atomic E-state index is 0.820. The Morgan fingerprint density at radius 3 is 1.20 bits per heavy atom. The number of methoxy groups -OCH3 is 2. The smallest absolute Gasteiger partial charge is 0.119 e. The Bertz CT molecular complexity index is 1780. The van der Waals surface area contributed by atoms with Gasteiger partial charge in [-0.1, -0.05) is 84.9 Å². The molecule has 0 aliphatic carbocycles. The molecule has 226 valence electrons. The highest BCUT2D eigenvalue weighted by Crippen LogP contribution is 2.36. The third-order valence-electron chi connectivity index (χ3n) is 7.54. The molecule has 5 heteroatoms. The fraction of sp³-hybridized carbons (Fsp3) is 0.0488. The highest BCUT2D eigenvalue weighted by atomic mass is 16.5. The van der Waals surface area contributed by atoms with Crippen LogP contribution in [0.3, 0.4) is 0 Å². The number of ether oxygens (including phenoxy) is 2. The normalized spacial score (nSPS) is 11.1. The van der Waals surface area contributed by atoms with Gasteiger partial charge in [-0.3, -0.25) is 0 Å². The number of anilines is 5. The summed E-state index contributed by atoms with van der Waals surface area (Å²) in [4.78, 5) is 2.21. The first kappa shape index (κ1) is 30.0. The zero-order valence-electron chi connectivity index (χ0n) is 25.9. The van der Waals surface area contributed by atoms with Crippen LogP contribution in [0.4, 0.5) is 28.4 Å². The summed E-state index contributed by atoms with van der Waals surface area (Å²) in [5.41, 5.74) is 8.38. The first-order valence-corrected chi connectivity index (χ1v) is 15.1. The molecule has 0 aliphatic rings. The van der Waals surface area contributed by atoms with E-state index in [0.717, 1.165) is 56.6 Å². The maximum atomic E-state index is 5.38. The standard InChI is InChI=1S/C41H35N3O2/c1-45-40-27-23-36(24-28-40)43(37-25-29-41(46-2)30-26-37)35-21-19-33(20-22-35)14-13-32-15-17-34(18-16-32)31-42-44(38-9-5-3-6-10-38)39-11-7-4-8-12-39/h3-31H,1-2H3/b14-13+,42-31+. The van der Waals surface area contributed by atoms with Crippen LogP contribution in [0, 0.1) is 0 Å². The quantitative estimate of drug-likeness (QED) is 0.0841. The van der Waals surface area contributed by atoms with Crippen LogP contribution >= 0.6 is 0 Å². The molecular formula is C41H35N3O2. The zero-order chi connectivity index (χ0) is 31.6. The molecule has 0 radical (unpaired) electrons. The van der Waals surface area contributed by atoms with Gasteiger partial charge >= 0.3 is 0 Å². The molecule has 0 bridgehead atoms. The van der Waals surface area contributed by atoms with E-state index >= 15 is 0 Å². The van der Waals surface area contributed by atoms with Gasteiger partial charge in [-0.15, -0.1) is 0 Å². The van der Waals surface area contributed by atoms with E-state index in [1.165, 1.54) is 0 Å². The summed E-state index contributed by atoms with van der Waals surface area (Å²) in [6, 6.07) is 53.4. The summed E-state index contributed by atoms with van der Waals surface area (Å²) < 4.78 is 10.8. The Morgan fingerprint density at radius 2 is 0.783 bits per heavy atom. The fourth-order valence-corrected chi connectivity index (χ4v) is 5.08. The predicted octanol–water partition coefficient (Wildman–Crippen LogP) is 10.5. The largest absolute Gasteiger partial charge is 0.497 e. The minimum atomic E-state index is 0.820. The van der Waals surface area contributed by atoms with Crippen molar-refractivity contribution in [1.82, 2.24) is 0 Å². The zero-order valence-corrected chi connectivity index (χ0v) is 25.9. The highest BCUT2D eigenvalue weighted by Gasteiger charge is 2.13. The molecule has 5 nitrogen and oxygen atoms in total. The molecule has 0 aromatic heterocycles. The first-order valence-electron chi connectivity index (χ1n) is 15.1. The molecule has 6 aromatic carbocycles. The van der Waals surface area contributed by atoms with Crippen LogP contribution in [0.5, 0.6) is 11.5 Å². The SMILES string of the molecule is COc1ccc(N(c2ccc(/C=C/c3ccc(/C=N/N(c4ccccc4)c4ccccc4)cc3)cc2)c2ccc(OC)cc2)cc1. The lowest BCUT2D eigenvalue weighted by Gasteiger charge is -2.26. The van der Waals surface area contributed by atoms with E-state index in [1.807, 2.05) is 71.9 Å². The lowest BCUT2D eigenvalue weighted by Crippen LogP contribution is -2.09. The number of benzene rings is 6. The van der Waals surface area contributed by atoms with Gasteiger partial charge in [0.15, 0.2) is 0 Å². The molecule has 0 N–H and O–H groups in total. The average molecular weight is 602 g/mol. The van der Waals surface area contributed by atoms with Gasteiger partial charge in [-0.25, -0.2) is 5.01 Å². The van der Waals surface area contributed by atoms with Crippen molar-refractivity contribution in [2.45, 2.75) is 0 Å². The van der Waals surface area contributed by atoms with Crippen molar-refractivity contribution in [3.63, 3.8) is 0 Å². The Kier molecular flexibility index (Phi) is 9.52. The summed E-state index contributed by atoms with van der Waals surface area (Å²) in [6.07, 6.45) is 6.15. The molecule has 6 aromatic rings. The van der Waals surface area contributed by atoms with Crippen molar-refractivity contribution in [1.29, 1.82) is 0 Å². The molecule has 0 unspecified atom stereocenters. The Hall–Kier alpha value is -6.07. The molecule has 46 heavy (non-hydrogen) atoms. The third kappa shape index (κ3) is 7.34. The van der Waals surface area contributed by atoms with Crippen LogP contribution in [-0.2, 0) is 0 Å². The summed E-state index contributed by atoms with van der Waals surface area (Å²) in [7, 11) is 3.36. The molecular weight excluding hydrogens is 566 g/mol. The first-order chi connectivity index (χ1) is 22.7. The van der Waals surface area contributed by atoms with Crippen LogP contribution < -0.4 is 19.4 Å². The third-order valence-corrected chi connectivity index (χ3v) is 7.54. The predicted molar refractivity (Wildman–Crippen MR) is 192 cm³/mol. The monoisotopic (exact) mass is 601 g/mol. The number of hydrogen-bond acceptors (Lipinski definition) is 5. The number of hydrogen-bond donors (Lipinski definition) is 0. The van der Waals surface area contributed by atoms with Crippen LogP contribution in [0.25, 0.3) is 12.2 Å². The van der Waals surface area contributed by atoms with Gasteiger partial charge < -0.3 is 14.4 Å². The Labute approximate surface area is 270 Å². The van der Waals surface area contributed by atoms with E-state index in [-0.39, 0.29) is 0 Å². The van der Waals surface area contributed by atoms with Crippen molar-refractivity contribution in [2.24, 2.45) is 5.10 Å². The topological polar surface area (TPSA) is 37.3 Å². The number of hydrazone groups is 1. The van der Waals surface area contributed by atoms with Gasteiger partial charge in [0.2, 0.25) is 0 Å². The molecule has 6 rings (SSSR count). The van der Waals surface area contributed by atoms with Gasteiger partial charge in [0.05, 0.1) is 31.8 Å². The Balaban J connectivity index is 1.17. The van der Waals surface area contributed by atoms with E-state index in [4.69, 9.17) is 14.6 Å². The number of para-hydroxylation sites is 2. The molecule has 0 saturated carbocycles. The van der Waals surface area contributed by atoms with E-state index < -0.39 is 0 Å². The number of rotatable bonds is 11. The molecule has 0 atom stereocenters. The van der Waals surface area contributed by atoms with Crippen LogP contribution in [-0.4, -0.2) is 20.4 Å². The van der Waals surface area contributed by atoms with E-state index in [9.17, 15) is 0 Å². The molecule has 0 heterocycles. The molecule has 0 fully saturated rings. The Morgan fingerprint density at radius 1 is 0.413 bits per heavy atom. The highest BCUT2D eigenvalue weighted by molar-refractivity contribution is 5.83. The van der Waals surface area contributed by atoms with Crippen LogP contribution in [0.2, 0.25) is 0 Å². The summed E-state index contributed by atoms with van der Waals surface area (Å²) in [5, 5.41) is 6.76. The minimum Gasteiger partial charge on any atom is -0.497 e. The maximum Gasteiger partial charge on any atom is 0.119 e. The lowest BCUT2D eigenvalue weighted by molar-refractivity contribution is 0.415. The van der Waals surface area contributed by atoms with E-state index in [0.29, 0.717) is 0 Å². The second-order valence-electron chi connectivity index (χ2n) is 10.6. The van der Waals surface area contributed by atoms with E-state index in [1.54, 1.807) is 14.2 Å². The molecule has 0 spiro atoms. The maximum absolute atomic E-state index is 5.38. The van der Waals surface area contributed by atoms with Crippen molar-refractivity contribution in [2.75, 3.05) is 24.1 Å². The van der Waals surface area contributed by atoms with Gasteiger partial charge in [-0.05, 0) is 102 Å². The van der Waals surface area contributed by atoms with Crippen molar-refractivity contribution >= 4 is 46.8 Å². The number of nitrogens with zero attached hydrogens (tertiary/aromatic N) is 3. The van der Waals surface area contributed by atoms with Crippen molar-refractivity contribution < 1.29 is 9.47 Å². The second-order valence-corrected chi connectivity index (χ2v) is 10.6. The van der Waals surface area contributed by atoms with Gasteiger partial charge in [0.25, 0.3) is 0 Å². The van der Waals surface area contributed by atoms with Crippen molar-refractivity contribution in [3.05, 3.63) is 174 Å². The van der Waals surface area contributed by atoms with Gasteiger partial charge in [0, 0.05) is 17.1 Å². The summed E-state index contributed by atoms with van der Waals surface area (Å²) >= 11 is 0.